The Kier molecular flexibility index (Phi) is 4.98. The summed E-state index contributed by atoms with van der Waals surface area (Å²) in [5.41, 5.74) is 0.778. The summed E-state index contributed by atoms with van der Waals surface area (Å²) in [6.07, 6.45) is 2.76. The molecule has 0 bridgehead atoms. The third-order valence-electron chi connectivity index (χ3n) is 3.90. The Balaban J connectivity index is 1.85. The number of nitrogens with one attached hydrogen (secondary N) is 1. The minimum atomic E-state index is -3.63. The lowest BCUT2D eigenvalue weighted by Crippen LogP contribution is -2.36. The second kappa shape index (κ2) is 7.00. The summed E-state index contributed by atoms with van der Waals surface area (Å²) in [6.45, 7) is 2.85. The number of hydrogen-bond acceptors (Lipinski definition) is 5. The molecule has 2 aromatic rings. The van der Waals surface area contributed by atoms with E-state index in [1.165, 1.54) is 10.4 Å². The van der Waals surface area contributed by atoms with Gasteiger partial charge in [-0.2, -0.15) is 4.31 Å². The monoisotopic (exact) mass is 365 g/mol. The molecular formula is C16H19N3O3S2. The highest BCUT2D eigenvalue weighted by Gasteiger charge is 2.31. The van der Waals surface area contributed by atoms with Gasteiger partial charge in [0.05, 0.1) is 0 Å². The Morgan fingerprint density at radius 1 is 1.21 bits per heavy atom. The van der Waals surface area contributed by atoms with E-state index in [0.717, 1.165) is 36.3 Å². The summed E-state index contributed by atoms with van der Waals surface area (Å²) >= 11 is 1.13. The maximum absolute atomic E-state index is 12.8. The lowest BCUT2D eigenvalue weighted by atomic mass is 10.2. The van der Waals surface area contributed by atoms with Crippen LogP contribution in [0.2, 0.25) is 0 Å². The van der Waals surface area contributed by atoms with E-state index in [4.69, 9.17) is 0 Å². The van der Waals surface area contributed by atoms with Gasteiger partial charge >= 0.3 is 0 Å². The first-order chi connectivity index (χ1) is 11.5. The van der Waals surface area contributed by atoms with Crippen molar-refractivity contribution in [1.82, 2.24) is 9.29 Å². The molecule has 1 aliphatic rings. The highest BCUT2D eigenvalue weighted by atomic mass is 32.2. The smallest absolute Gasteiger partial charge is 0.268 e. The largest absolute Gasteiger partial charge is 0.306 e. The third-order valence-corrected chi connectivity index (χ3v) is 6.88. The molecule has 0 saturated carbocycles. The van der Waals surface area contributed by atoms with Gasteiger partial charge in [0, 0.05) is 18.8 Å². The summed E-state index contributed by atoms with van der Waals surface area (Å²) in [4.78, 5) is 17.0. The Labute approximate surface area is 145 Å². The molecule has 6 nitrogen and oxygen atoms in total. The first-order valence-corrected chi connectivity index (χ1v) is 10.1. The molecule has 1 saturated heterocycles. The molecule has 0 aliphatic carbocycles. The van der Waals surface area contributed by atoms with Gasteiger partial charge < -0.3 is 5.32 Å². The summed E-state index contributed by atoms with van der Waals surface area (Å²) in [5.74, 6) is -0.0339. The van der Waals surface area contributed by atoms with Gasteiger partial charge in [-0.15, -0.1) is 11.3 Å². The molecule has 1 fully saturated rings. The van der Waals surface area contributed by atoms with Gasteiger partial charge in [0.15, 0.2) is 0 Å². The average Bonchev–Trinajstić information content (AvgIpc) is 3.06. The number of carbonyl (C=O) groups is 1. The molecule has 24 heavy (non-hydrogen) atoms. The average molecular weight is 365 g/mol. The molecule has 0 spiro atoms. The third kappa shape index (κ3) is 3.50. The molecular weight excluding hydrogens is 346 g/mol. The van der Waals surface area contributed by atoms with Crippen molar-refractivity contribution >= 4 is 33.1 Å². The minimum Gasteiger partial charge on any atom is -0.306 e. The summed E-state index contributed by atoms with van der Waals surface area (Å²) in [6, 6.07) is 6.80. The number of anilines is 1. The van der Waals surface area contributed by atoms with Crippen LogP contribution in [0.5, 0.6) is 0 Å². The van der Waals surface area contributed by atoms with Crippen LogP contribution in [0.15, 0.2) is 34.5 Å². The number of carbonyl (C=O) groups excluding carboxylic acids is 1. The van der Waals surface area contributed by atoms with E-state index in [-0.39, 0.29) is 9.77 Å². The van der Waals surface area contributed by atoms with E-state index < -0.39 is 15.9 Å². The van der Waals surface area contributed by atoms with Crippen molar-refractivity contribution in [2.24, 2.45) is 0 Å². The van der Waals surface area contributed by atoms with Crippen LogP contribution in [0.4, 0.5) is 5.82 Å². The van der Waals surface area contributed by atoms with Crippen LogP contribution in [0.25, 0.3) is 0 Å². The predicted octanol–water partition coefficient (Wildman–Crippen LogP) is 2.88. The fourth-order valence-corrected chi connectivity index (χ4v) is 5.51. The number of pyridine rings is 1. The second-order valence-corrected chi connectivity index (χ2v) is 8.52. The summed E-state index contributed by atoms with van der Waals surface area (Å²) in [7, 11) is -3.63. The Morgan fingerprint density at radius 2 is 1.96 bits per heavy atom. The lowest BCUT2D eigenvalue weighted by molar-refractivity contribution is 0.102. The number of aromatic nitrogens is 1. The van der Waals surface area contributed by atoms with Gasteiger partial charge in [0.25, 0.3) is 5.91 Å². The highest BCUT2D eigenvalue weighted by Crippen LogP contribution is 2.28. The molecule has 3 rings (SSSR count). The van der Waals surface area contributed by atoms with Crippen molar-refractivity contribution in [2.75, 3.05) is 18.4 Å². The molecule has 2 aromatic heterocycles. The zero-order chi connectivity index (χ0) is 17.2. The number of piperidine rings is 1. The van der Waals surface area contributed by atoms with Crippen LogP contribution >= 0.6 is 11.3 Å². The quantitative estimate of drug-likeness (QED) is 0.903. The molecule has 0 unspecified atom stereocenters. The molecule has 8 heteroatoms. The Morgan fingerprint density at radius 3 is 2.67 bits per heavy atom. The lowest BCUT2D eigenvalue weighted by Gasteiger charge is -2.25. The number of nitrogens with zero attached hydrogens (tertiary/aromatic N) is 2. The molecule has 128 valence electrons. The van der Waals surface area contributed by atoms with E-state index in [9.17, 15) is 13.2 Å². The Hall–Kier alpha value is -1.77. The van der Waals surface area contributed by atoms with Crippen LogP contribution in [-0.2, 0) is 10.0 Å². The van der Waals surface area contributed by atoms with Crippen molar-refractivity contribution < 1.29 is 13.2 Å². The number of rotatable bonds is 4. The standard InChI is InChI=1S/C16H19N3O3S2/c1-12-6-5-7-14(17-12)18-16(20)15-13(8-11-23-15)24(21,22)19-9-3-2-4-10-19/h5-8,11H,2-4,9-10H2,1H3,(H,17,18,20). The van der Waals surface area contributed by atoms with E-state index in [1.807, 2.05) is 13.0 Å². The number of thiophene rings is 1. The van der Waals surface area contributed by atoms with Gasteiger partial charge in [-0.1, -0.05) is 12.5 Å². The molecule has 1 amide bonds. The van der Waals surface area contributed by atoms with Crippen LogP contribution in [0, 0.1) is 6.92 Å². The van der Waals surface area contributed by atoms with Crippen LogP contribution in [0.3, 0.4) is 0 Å². The number of amides is 1. The fraction of sp³-hybridized carbons (Fsp3) is 0.375. The first-order valence-electron chi connectivity index (χ1n) is 7.81. The van der Waals surface area contributed by atoms with Gasteiger partial charge in [0.1, 0.15) is 15.6 Å². The highest BCUT2D eigenvalue weighted by molar-refractivity contribution is 7.89. The fourth-order valence-electron chi connectivity index (χ4n) is 2.70. The van der Waals surface area contributed by atoms with Crippen LogP contribution in [0.1, 0.15) is 34.6 Å². The van der Waals surface area contributed by atoms with Crippen LogP contribution < -0.4 is 5.32 Å². The zero-order valence-corrected chi connectivity index (χ0v) is 15.0. The van der Waals surface area contributed by atoms with Gasteiger partial charge in [-0.05, 0) is 43.3 Å². The molecule has 1 aliphatic heterocycles. The topological polar surface area (TPSA) is 79.4 Å². The van der Waals surface area contributed by atoms with E-state index >= 15 is 0 Å². The van der Waals surface area contributed by atoms with Gasteiger partial charge in [-0.3, -0.25) is 4.79 Å². The number of hydrogen-bond donors (Lipinski definition) is 1. The predicted molar refractivity (Wildman–Crippen MR) is 93.9 cm³/mol. The SMILES string of the molecule is Cc1cccc(NC(=O)c2sccc2S(=O)(=O)N2CCCCC2)n1. The van der Waals surface area contributed by atoms with Crippen LogP contribution in [-0.4, -0.2) is 36.7 Å². The van der Waals surface area contributed by atoms with Crippen molar-refractivity contribution in [3.8, 4) is 0 Å². The molecule has 0 aromatic carbocycles. The zero-order valence-electron chi connectivity index (χ0n) is 13.4. The molecule has 1 N–H and O–H groups in total. The van der Waals surface area contributed by atoms with E-state index in [2.05, 4.69) is 10.3 Å². The first kappa shape index (κ1) is 17.1. The maximum Gasteiger partial charge on any atom is 0.268 e. The second-order valence-electron chi connectivity index (χ2n) is 5.70. The molecule has 3 heterocycles. The van der Waals surface area contributed by atoms with E-state index in [0.29, 0.717) is 18.9 Å². The van der Waals surface area contributed by atoms with E-state index in [1.54, 1.807) is 17.5 Å². The normalized spacial score (nSPS) is 16.0. The Bertz CT molecular complexity index is 840. The van der Waals surface area contributed by atoms with Crippen molar-refractivity contribution in [3.05, 3.63) is 40.2 Å². The summed E-state index contributed by atoms with van der Waals surface area (Å²) in [5, 5.41) is 4.31. The van der Waals surface area contributed by atoms with Gasteiger partial charge in [0.2, 0.25) is 10.0 Å². The number of aryl methyl sites for hydroxylation is 1. The maximum atomic E-state index is 12.8. The van der Waals surface area contributed by atoms with Crippen molar-refractivity contribution in [1.29, 1.82) is 0 Å². The van der Waals surface area contributed by atoms with Crippen molar-refractivity contribution in [2.45, 2.75) is 31.1 Å². The number of sulfonamides is 1. The van der Waals surface area contributed by atoms with Crippen molar-refractivity contribution in [3.63, 3.8) is 0 Å². The summed E-state index contributed by atoms with van der Waals surface area (Å²) < 4.78 is 27.1. The van der Waals surface area contributed by atoms with Gasteiger partial charge in [-0.25, -0.2) is 13.4 Å². The molecule has 0 atom stereocenters. The minimum absolute atomic E-state index is 0.0829. The molecule has 0 radical (unpaired) electrons.